The fraction of sp³-hybridized carbons (Fsp3) is 0.500. The minimum absolute atomic E-state index is 0.00214. The van der Waals surface area contributed by atoms with Gasteiger partial charge < -0.3 is 25.0 Å². The number of thiol groups is 1. The Balaban J connectivity index is 1.91. The molecule has 2 N–H and O–H groups in total. The first-order valence-electron chi connectivity index (χ1n) is 14.8. The molecule has 0 radical (unpaired) electrons. The second-order valence-electron chi connectivity index (χ2n) is 11.7. The Bertz CT molecular complexity index is 1570. The summed E-state index contributed by atoms with van der Waals surface area (Å²) in [5, 5.41) is 10.2. The molecule has 1 aliphatic carbocycles. The Morgan fingerprint density at radius 1 is 1.23 bits per heavy atom. The lowest BCUT2D eigenvalue weighted by Gasteiger charge is -2.25. The van der Waals surface area contributed by atoms with Gasteiger partial charge in [0.25, 0.3) is 0 Å². The normalized spacial score (nSPS) is 14.5. The van der Waals surface area contributed by atoms with Crippen molar-refractivity contribution in [2.24, 2.45) is 11.1 Å². The predicted octanol–water partition coefficient (Wildman–Crippen LogP) is 5.72. The Hall–Kier alpha value is -3.53. The molecule has 3 aromatic rings. The number of rotatable bonds is 15. The molecule has 1 aliphatic rings. The minimum Gasteiger partial charge on any atom is -0.463 e. The second-order valence-corrected chi connectivity index (χ2v) is 12.1. The van der Waals surface area contributed by atoms with E-state index in [2.05, 4.69) is 34.4 Å². The predicted molar refractivity (Wildman–Crippen MR) is 172 cm³/mol. The van der Waals surface area contributed by atoms with Crippen LogP contribution in [0.4, 0.5) is 14.6 Å². The Kier molecular flexibility index (Phi) is 11.0. The van der Waals surface area contributed by atoms with Crippen LogP contribution < -0.4 is 15.4 Å². The van der Waals surface area contributed by atoms with Crippen LogP contribution in [0.5, 0.6) is 6.01 Å². The van der Waals surface area contributed by atoms with Crippen LogP contribution in [-0.2, 0) is 4.74 Å². The summed E-state index contributed by atoms with van der Waals surface area (Å²) >= 11 is 4.25. The van der Waals surface area contributed by atoms with Gasteiger partial charge in [-0.2, -0.15) is 27.9 Å². The van der Waals surface area contributed by atoms with Crippen LogP contribution in [0, 0.1) is 35.3 Å². The number of hydrogen-bond donors (Lipinski definition) is 2. The molecule has 0 spiro atoms. The molecule has 1 fully saturated rings. The van der Waals surface area contributed by atoms with Gasteiger partial charge in [-0.15, -0.1) is 0 Å². The molecule has 0 bridgehead atoms. The lowest BCUT2D eigenvalue weighted by atomic mass is 9.91. The third-order valence-corrected chi connectivity index (χ3v) is 7.92. The van der Waals surface area contributed by atoms with Crippen LogP contribution in [0.1, 0.15) is 50.7 Å². The first-order valence-corrected chi connectivity index (χ1v) is 15.4. The number of aromatic nitrogens is 3. The highest BCUT2D eigenvalue weighted by Gasteiger charge is 2.44. The van der Waals surface area contributed by atoms with Crippen molar-refractivity contribution in [1.29, 1.82) is 5.26 Å². The molecular weight excluding hydrogens is 584 g/mol. The van der Waals surface area contributed by atoms with Crippen molar-refractivity contribution >= 4 is 34.9 Å². The van der Waals surface area contributed by atoms with Crippen LogP contribution in [0.3, 0.4) is 0 Å². The van der Waals surface area contributed by atoms with E-state index in [0.717, 1.165) is 32.2 Å². The number of fused-ring (bicyclic) bond motifs is 1. The van der Waals surface area contributed by atoms with E-state index in [-0.39, 0.29) is 57.3 Å². The van der Waals surface area contributed by atoms with E-state index in [9.17, 15) is 9.65 Å². The number of allylic oxidation sites excluding steroid dienone is 2. The molecule has 4 rings (SSSR count). The topological polar surface area (TPSA) is 113 Å². The van der Waals surface area contributed by atoms with E-state index in [1.165, 1.54) is 25.3 Å². The van der Waals surface area contributed by atoms with Gasteiger partial charge in [0, 0.05) is 47.3 Å². The van der Waals surface area contributed by atoms with Gasteiger partial charge in [-0.05, 0) is 64.9 Å². The van der Waals surface area contributed by atoms with Gasteiger partial charge >= 0.3 is 6.01 Å². The number of hydrogen-bond acceptors (Lipinski definition) is 10. The summed E-state index contributed by atoms with van der Waals surface area (Å²) in [6, 6.07) is 4.73. The van der Waals surface area contributed by atoms with Gasteiger partial charge in [-0.3, -0.25) is 4.98 Å². The van der Waals surface area contributed by atoms with E-state index in [4.69, 9.17) is 20.2 Å². The summed E-state index contributed by atoms with van der Waals surface area (Å²) in [4.78, 5) is 17.8. The summed E-state index contributed by atoms with van der Waals surface area (Å²) < 4.78 is 43.4. The monoisotopic (exact) mass is 625 g/mol. The highest BCUT2D eigenvalue weighted by Crippen LogP contribution is 2.46. The molecule has 1 aromatic carbocycles. The average Bonchev–Trinajstić information content (AvgIpc) is 3.75. The molecule has 236 valence electrons. The van der Waals surface area contributed by atoms with Crippen molar-refractivity contribution in [2.75, 3.05) is 57.8 Å². The third-order valence-electron chi connectivity index (χ3n) is 7.73. The lowest BCUT2D eigenvalue weighted by molar-refractivity contribution is 0.149. The molecule has 9 nitrogen and oxygen atoms in total. The highest BCUT2D eigenvalue weighted by molar-refractivity contribution is 7.80. The van der Waals surface area contributed by atoms with Gasteiger partial charge in [0.15, 0.2) is 5.82 Å². The first-order chi connectivity index (χ1) is 21.1. The van der Waals surface area contributed by atoms with Gasteiger partial charge in [0.2, 0.25) is 0 Å². The molecule has 1 saturated carbocycles. The third kappa shape index (κ3) is 7.39. The van der Waals surface area contributed by atoms with Gasteiger partial charge in [-0.25, -0.2) is 8.78 Å². The van der Waals surface area contributed by atoms with Crippen LogP contribution in [0.25, 0.3) is 27.7 Å². The Labute approximate surface area is 263 Å². The van der Waals surface area contributed by atoms with Crippen LogP contribution in [0.15, 0.2) is 24.0 Å². The number of unbranched alkanes of at least 4 members (excludes halogenated alkanes) is 1. The van der Waals surface area contributed by atoms with Crippen molar-refractivity contribution in [2.45, 2.75) is 46.5 Å². The van der Waals surface area contributed by atoms with Gasteiger partial charge in [0.1, 0.15) is 35.6 Å². The van der Waals surface area contributed by atoms with Crippen molar-refractivity contribution < 1.29 is 18.3 Å². The number of pyridine rings is 1. The minimum atomic E-state index is -0.739. The number of ether oxygens (including phenoxy) is 2. The molecule has 0 amide bonds. The van der Waals surface area contributed by atoms with Crippen molar-refractivity contribution in [3.63, 3.8) is 0 Å². The molecule has 0 unspecified atom stereocenters. The quantitative estimate of drug-likeness (QED) is 0.0947. The maximum Gasteiger partial charge on any atom is 0.319 e. The molecule has 0 atom stereocenters. The SMILES string of the molecule is CCCCN(COCCS)c1nc(OCC2(CN(C)C)CC2)nc2c(F)c(-c3ccc(F)c(C)c3/C(C#N)=C(\C)N)ncc12. The number of halogens is 2. The number of nitrogens with two attached hydrogens (primary N) is 1. The van der Waals surface area contributed by atoms with E-state index in [0.29, 0.717) is 36.7 Å². The maximum absolute atomic E-state index is 16.7. The zero-order valence-corrected chi connectivity index (χ0v) is 27.0. The van der Waals surface area contributed by atoms with E-state index in [1.807, 2.05) is 25.1 Å². The molecule has 2 aromatic heterocycles. The summed E-state index contributed by atoms with van der Waals surface area (Å²) in [5.41, 5.74) is 6.74. The molecular formula is C32H41F2N7O2S. The van der Waals surface area contributed by atoms with E-state index >= 15 is 4.39 Å². The lowest BCUT2D eigenvalue weighted by Crippen LogP contribution is -2.30. The summed E-state index contributed by atoms with van der Waals surface area (Å²) in [7, 11) is 4.05. The summed E-state index contributed by atoms with van der Waals surface area (Å²) in [6.45, 7) is 7.67. The number of benzene rings is 1. The Morgan fingerprint density at radius 3 is 2.59 bits per heavy atom. The smallest absolute Gasteiger partial charge is 0.319 e. The fourth-order valence-corrected chi connectivity index (χ4v) is 5.42. The molecule has 0 saturated heterocycles. The largest absolute Gasteiger partial charge is 0.463 e. The maximum atomic E-state index is 16.7. The van der Waals surface area contributed by atoms with Crippen LogP contribution in [0.2, 0.25) is 0 Å². The zero-order valence-electron chi connectivity index (χ0n) is 26.1. The molecule has 0 aliphatic heterocycles. The van der Waals surface area contributed by atoms with Gasteiger partial charge in [-0.1, -0.05) is 13.3 Å². The standard InChI is InChI=1S/C32H41F2N7O2S/c1-6-7-12-41(19-42-13-14-44)30-24-16-37-28(22-8-9-25(33)20(2)26(22)23(15-35)21(3)36)27(34)29(24)38-31(39-30)43-18-32(10-11-32)17-40(4)5/h8-9,16,44H,6-7,10-14,17-19,36H2,1-5H3/b23-21+. The second kappa shape index (κ2) is 14.5. The van der Waals surface area contributed by atoms with Crippen LogP contribution >= 0.6 is 12.6 Å². The zero-order chi connectivity index (χ0) is 32.0. The first kappa shape index (κ1) is 33.4. The van der Waals surface area contributed by atoms with Gasteiger partial charge in [0.05, 0.1) is 24.2 Å². The summed E-state index contributed by atoms with van der Waals surface area (Å²) in [5.74, 6) is -0.288. The molecule has 12 heteroatoms. The van der Waals surface area contributed by atoms with Crippen molar-refractivity contribution in [3.05, 3.63) is 46.8 Å². The highest BCUT2D eigenvalue weighted by atomic mass is 32.1. The number of nitriles is 1. The fourth-order valence-electron chi connectivity index (χ4n) is 5.30. The summed E-state index contributed by atoms with van der Waals surface area (Å²) in [6.07, 6.45) is 5.34. The Morgan fingerprint density at radius 2 is 1.98 bits per heavy atom. The van der Waals surface area contributed by atoms with Crippen molar-refractivity contribution in [3.8, 4) is 23.3 Å². The van der Waals surface area contributed by atoms with Crippen LogP contribution in [-0.4, -0.2) is 72.7 Å². The molecule has 44 heavy (non-hydrogen) atoms. The number of nitrogens with zero attached hydrogens (tertiary/aromatic N) is 6. The number of anilines is 1. The van der Waals surface area contributed by atoms with E-state index < -0.39 is 11.6 Å². The molecule has 2 heterocycles. The average molecular weight is 626 g/mol. The van der Waals surface area contributed by atoms with Crippen molar-refractivity contribution in [1.82, 2.24) is 19.9 Å². The van der Waals surface area contributed by atoms with E-state index in [1.54, 1.807) is 6.92 Å².